The van der Waals surface area contributed by atoms with E-state index >= 15 is 0 Å². The lowest BCUT2D eigenvalue weighted by Gasteiger charge is -2.35. The van der Waals surface area contributed by atoms with Gasteiger partial charge in [-0.25, -0.2) is 9.78 Å². The summed E-state index contributed by atoms with van der Waals surface area (Å²) >= 11 is 0. The molecule has 222 valence electrons. The van der Waals surface area contributed by atoms with Gasteiger partial charge in [-0.1, -0.05) is 11.6 Å². The Hall–Kier alpha value is -4.12. The minimum atomic E-state index is -0.276. The van der Waals surface area contributed by atoms with E-state index in [1.165, 1.54) is 4.57 Å². The molecular weight excluding hydrogens is 536 g/mol. The van der Waals surface area contributed by atoms with E-state index in [1.807, 2.05) is 51.1 Å². The number of hydrogen-bond donors (Lipinski definition) is 0. The molecule has 2 fully saturated rings. The molecule has 42 heavy (non-hydrogen) atoms. The van der Waals surface area contributed by atoms with Crippen LogP contribution in [-0.4, -0.2) is 71.7 Å². The summed E-state index contributed by atoms with van der Waals surface area (Å²) in [6.45, 7) is 10.8. The molecule has 0 radical (unpaired) electrons. The molecule has 0 N–H and O–H groups in total. The van der Waals surface area contributed by atoms with Crippen molar-refractivity contribution in [3.8, 4) is 11.5 Å². The van der Waals surface area contributed by atoms with Crippen LogP contribution in [0, 0.1) is 6.92 Å². The number of anilines is 2. The zero-order valence-corrected chi connectivity index (χ0v) is 24.8. The molecule has 2 aliphatic heterocycles. The predicted molar refractivity (Wildman–Crippen MR) is 164 cm³/mol. The van der Waals surface area contributed by atoms with Crippen LogP contribution in [0.1, 0.15) is 38.3 Å². The van der Waals surface area contributed by atoms with Crippen LogP contribution in [0.5, 0.6) is 11.5 Å². The first-order valence-electron chi connectivity index (χ1n) is 14.8. The SMILES string of the molecule is CCOc1cc2nc(N3CCOCC3)nc(N3CCC(n4c(=O)c5cc(C)ccc5n(C)c4=O)CC3)c2cc1OCC. The number of fused-ring (bicyclic) bond motifs is 2. The number of rotatable bonds is 7. The van der Waals surface area contributed by atoms with E-state index in [1.54, 1.807) is 11.6 Å². The fourth-order valence-electron chi connectivity index (χ4n) is 6.04. The Bertz CT molecular complexity index is 1730. The molecule has 0 saturated carbocycles. The van der Waals surface area contributed by atoms with Gasteiger partial charge in [0.1, 0.15) is 5.82 Å². The lowest BCUT2D eigenvalue weighted by atomic mass is 10.0. The quantitative estimate of drug-likeness (QED) is 0.328. The first-order valence-corrected chi connectivity index (χ1v) is 14.8. The van der Waals surface area contributed by atoms with Crippen LogP contribution in [0.25, 0.3) is 21.8 Å². The minimum absolute atomic E-state index is 0.201. The van der Waals surface area contributed by atoms with E-state index in [9.17, 15) is 9.59 Å². The number of nitrogens with zero attached hydrogens (tertiary/aromatic N) is 6. The van der Waals surface area contributed by atoms with Gasteiger partial charge in [0.05, 0.1) is 42.8 Å². The third kappa shape index (κ3) is 5.06. The number of aryl methyl sites for hydroxylation is 2. The Balaban J connectivity index is 1.38. The van der Waals surface area contributed by atoms with E-state index in [0.29, 0.717) is 80.7 Å². The lowest BCUT2D eigenvalue weighted by Crippen LogP contribution is -2.45. The molecule has 0 unspecified atom stereocenters. The first-order chi connectivity index (χ1) is 20.4. The maximum atomic E-state index is 13.6. The molecule has 2 aromatic carbocycles. The van der Waals surface area contributed by atoms with Gasteiger partial charge in [-0.2, -0.15) is 4.98 Å². The summed E-state index contributed by atoms with van der Waals surface area (Å²) in [5.41, 5.74) is 1.93. The fraction of sp³-hybridized carbons (Fsp3) is 0.484. The summed E-state index contributed by atoms with van der Waals surface area (Å²) in [6, 6.07) is 9.35. The molecular formula is C31H38N6O5. The average Bonchev–Trinajstić information content (AvgIpc) is 3.01. The van der Waals surface area contributed by atoms with Crippen LogP contribution in [0.15, 0.2) is 39.9 Å². The molecule has 4 aromatic rings. The van der Waals surface area contributed by atoms with Crippen LogP contribution < -0.4 is 30.5 Å². The maximum absolute atomic E-state index is 13.6. The van der Waals surface area contributed by atoms with Gasteiger partial charge in [-0.05, 0) is 51.8 Å². The maximum Gasteiger partial charge on any atom is 0.331 e. The molecule has 0 bridgehead atoms. The highest BCUT2D eigenvalue weighted by Gasteiger charge is 2.28. The Morgan fingerprint density at radius 1 is 0.881 bits per heavy atom. The van der Waals surface area contributed by atoms with Crippen molar-refractivity contribution in [1.82, 2.24) is 19.1 Å². The van der Waals surface area contributed by atoms with Gasteiger partial charge in [0.25, 0.3) is 5.56 Å². The predicted octanol–water partition coefficient (Wildman–Crippen LogP) is 3.43. The Labute approximate surface area is 244 Å². The highest BCUT2D eigenvalue weighted by atomic mass is 16.5. The molecule has 11 heteroatoms. The van der Waals surface area contributed by atoms with Crippen molar-refractivity contribution >= 4 is 33.6 Å². The summed E-state index contributed by atoms with van der Waals surface area (Å²) < 4.78 is 20.5. The zero-order valence-electron chi connectivity index (χ0n) is 24.8. The number of hydrogen-bond acceptors (Lipinski definition) is 9. The van der Waals surface area contributed by atoms with Gasteiger partial charge in [0, 0.05) is 50.7 Å². The van der Waals surface area contributed by atoms with Gasteiger partial charge in [0.2, 0.25) is 5.95 Å². The van der Waals surface area contributed by atoms with Crippen LogP contribution >= 0.6 is 0 Å². The molecule has 2 aromatic heterocycles. The molecule has 0 spiro atoms. The highest BCUT2D eigenvalue weighted by Crippen LogP contribution is 2.38. The standard InChI is InChI=1S/C31H38N6O5/c1-5-41-26-18-22-24(19-27(26)42-6-2)32-30(36-13-15-40-16-14-36)33-28(22)35-11-9-21(10-12-35)37-29(38)23-17-20(3)7-8-25(23)34(4)31(37)39/h7-8,17-19,21H,5-6,9-16H2,1-4H3. The smallest absolute Gasteiger partial charge is 0.331 e. The third-order valence-corrected chi connectivity index (χ3v) is 8.21. The van der Waals surface area contributed by atoms with E-state index in [0.717, 1.165) is 35.4 Å². The van der Waals surface area contributed by atoms with E-state index in [2.05, 4.69) is 9.80 Å². The fourth-order valence-corrected chi connectivity index (χ4v) is 6.04. The van der Waals surface area contributed by atoms with Gasteiger partial charge in [0.15, 0.2) is 11.5 Å². The summed E-state index contributed by atoms with van der Waals surface area (Å²) in [7, 11) is 1.73. The Kier molecular flexibility index (Phi) is 7.76. The van der Waals surface area contributed by atoms with E-state index < -0.39 is 0 Å². The second kappa shape index (κ2) is 11.6. The Morgan fingerprint density at radius 2 is 1.57 bits per heavy atom. The van der Waals surface area contributed by atoms with Gasteiger partial charge < -0.3 is 24.0 Å². The van der Waals surface area contributed by atoms with E-state index in [4.69, 9.17) is 24.2 Å². The summed E-state index contributed by atoms with van der Waals surface area (Å²) in [5, 5.41) is 1.46. The highest BCUT2D eigenvalue weighted by molar-refractivity contribution is 5.93. The molecule has 6 rings (SSSR count). The lowest BCUT2D eigenvalue weighted by molar-refractivity contribution is 0.122. The molecule has 0 amide bonds. The van der Waals surface area contributed by atoms with Crippen LogP contribution in [0.2, 0.25) is 0 Å². The second-order valence-electron chi connectivity index (χ2n) is 10.9. The van der Waals surface area contributed by atoms with Crippen molar-refractivity contribution in [2.75, 3.05) is 62.4 Å². The average molecular weight is 575 g/mol. The molecule has 11 nitrogen and oxygen atoms in total. The van der Waals surface area contributed by atoms with Gasteiger partial charge >= 0.3 is 5.69 Å². The largest absolute Gasteiger partial charge is 0.490 e. The summed E-state index contributed by atoms with van der Waals surface area (Å²) in [5.74, 6) is 2.79. The van der Waals surface area contributed by atoms with Crippen molar-refractivity contribution < 1.29 is 14.2 Å². The van der Waals surface area contributed by atoms with Crippen LogP contribution in [-0.2, 0) is 11.8 Å². The topological polar surface area (TPSA) is 104 Å². The van der Waals surface area contributed by atoms with Crippen molar-refractivity contribution in [2.45, 2.75) is 39.7 Å². The first kappa shape index (κ1) is 28.0. The number of aromatic nitrogens is 4. The summed E-state index contributed by atoms with van der Waals surface area (Å²) in [4.78, 5) is 41.3. The number of ether oxygens (including phenoxy) is 3. The second-order valence-corrected chi connectivity index (χ2v) is 10.9. The normalized spacial score (nSPS) is 16.4. The summed E-state index contributed by atoms with van der Waals surface area (Å²) in [6.07, 6.45) is 1.28. The molecule has 2 saturated heterocycles. The van der Waals surface area contributed by atoms with Crippen molar-refractivity contribution in [1.29, 1.82) is 0 Å². The molecule has 0 aliphatic carbocycles. The van der Waals surface area contributed by atoms with E-state index in [-0.39, 0.29) is 17.3 Å². The van der Waals surface area contributed by atoms with Crippen LogP contribution in [0.3, 0.4) is 0 Å². The van der Waals surface area contributed by atoms with Gasteiger partial charge in [-0.3, -0.25) is 13.9 Å². The monoisotopic (exact) mass is 574 g/mol. The molecule has 4 heterocycles. The number of benzene rings is 2. The van der Waals surface area contributed by atoms with Crippen molar-refractivity contribution in [3.63, 3.8) is 0 Å². The minimum Gasteiger partial charge on any atom is -0.490 e. The number of piperidine rings is 1. The van der Waals surface area contributed by atoms with Crippen LogP contribution in [0.4, 0.5) is 11.8 Å². The van der Waals surface area contributed by atoms with Crippen molar-refractivity contribution in [2.24, 2.45) is 7.05 Å². The third-order valence-electron chi connectivity index (χ3n) is 8.21. The van der Waals surface area contributed by atoms with Crippen molar-refractivity contribution in [3.05, 3.63) is 56.7 Å². The molecule has 2 aliphatic rings. The Morgan fingerprint density at radius 3 is 2.26 bits per heavy atom. The number of morpholine rings is 1. The molecule has 0 atom stereocenters. The van der Waals surface area contributed by atoms with Gasteiger partial charge in [-0.15, -0.1) is 0 Å². The zero-order chi connectivity index (χ0) is 29.4.